The molecule has 6 rings (SSSR count). The number of aryl methyl sites for hydroxylation is 1. The normalized spacial score (nSPS) is 31.1. The molecule has 140 valence electrons. The maximum Gasteiger partial charge on any atom is 0.255 e. The summed E-state index contributed by atoms with van der Waals surface area (Å²) in [6.07, 6.45) is 9.81. The molecule has 0 spiro atoms. The van der Waals surface area contributed by atoms with Gasteiger partial charge in [-0.3, -0.25) is 9.78 Å². The molecule has 4 bridgehead atoms. The zero-order chi connectivity index (χ0) is 18.6. The number of hydrogen-bond donors (Lipinski definition) is 1. The van der Waals surface area contributed by atoms with E-state index in [1.165, 1.54) is 38.5 Å². The predicted octanol–water partition coefficient (Wildman–Crippen LogP) is 5.76. The smallest absolute Gasteiger partial charge is 0.255 e. The number of amides is 1. The Kier molecular flexibility index (Phi) is 4.05. The second-order valence-corrected chi connectivity index (χ2v) is 9.48. The van der Waals surface area contributed by atoms with Crippen LogP contribution in [0.5, 0.6) is 0 Å². The van der Waals surface area contributed by atoms with Crippen molar-refractivity contribution in [1.29, 1.82) is 0 Å². The number of rotatable bonds is 3. The molecule has 1 N–H and O–H groups in total. The van der Waals surface area contributed by atoms with Gasteiger partial charge in [0.15, 0.2) is 0 Å². The monoisotopic (exact) mass is 380 g/mol. The minimum absolute atomic E-state index is 0.0891. The third-order valence-electron chi connectivity index (χ3n) is 7.05. The van der Waals surface area contributed by atoms with Crippen LogP contribution in [0, 0.1) is 24.7 Å². The van der Waals surface area contributed by atoms with Crippen molar-refractivity contribution in [3.05, 3.63) is 58.4 Å². The van der Waals surface area contributed by atoms with E-state index in [1.54, 1.807) is 6.07 Å². The molecule has 1 amide bonds. The van der Waals surface area contributed by atoms with Crippen molar-refractivity contribution in [2.75, 3.05) is 5.32 Å². The molecule has 0 aliphatic heterocycles. The van der Waals surface area contributed by atoms with Gasteiger partial charge in [-0.25, -0.2) is 0 Å². The first kappa shape index (κ1) is 17.2. The SMILES string of the molecule is Cc1ccc(Cl)cc1NC(=O)c1ccnc(C23CC4CC(CC(C4)C2)C3)c1. The van der Waals surface area contributed by atoms with Crippen molar-refractivity contribution in [3.63, 3.8) is 0 Å². The van der Waals surface area contributed by atoms with Crippen molar-refractivity contribution >= 4 is 23.2 Å². The van der Waals surface area contributed by atoms with Gasteiger partial charge < -0.3 is 5.32 Å². The van der Waals surface area contributed by atoms with Crippen molar-refractivity contribution in [2.45, 2.75) is 50.9 Å². The topological polar surface area (TPSA) is 42.0 Å². The van der Waals surface area contributed by atoms with Crippen LogP contribution in [-0.2, 0) is 5.41 Å². The van der Waals surface area contributed by atoms with Gasteiger partial charge in [-0.1, -0.05) is 17.7 Å². The molecule has 4 aliphatic carbocycles. The second-order valence-electron chi connectivity index (χ2n) is 9.04. The van der Waals surface area contributed by atoms with Gasteiger partial charge in [-0.05, 0) is 93.0 Å². The zero-order valence-electron chi connectivity index (χ0n) is 15.7. The fourth-order valence-electron chi connectivity index (χ4n) is 6.21. The van der Waals surface area contributed by atoms with Gasteiger partial charge in [-0.15, -0.1) is 0 Å². The van der Waals surface area contributed by atoms with Crippen LogP contribution >= 0.6 is 11.6 Å². The molecule has 0 unspecified atom stereocenters. The lowest BCUT2D eigenvalue weighted by Gasteiger charge is -2.56. The van der Waals surface area contributed by atoms with E-state index in [0.717, 1.165) is 34.7 Å². The van der Waals surface area contributed by atoms with E-state index < -0.39 is 0 Å². The Hall–Kier alpha value is -1.87. The Morgan fingerprint density at radius 1 is 1.07 bits per heavy atom. The summed E-state index contributed by atoms with van der Waals surface area (Å²) in [6, 6.07) is 9.42. The summed E-state index contributed by atoms with van der Waals surface area (Å²) in [5, 5.41) is 3.64. The average Bonchev–Trinajstić information content (AvgIpc) is 2.64. The fraction of sp³-hybridized carbons (Fsp3) is 0.478. The molecule has 2 aromatic rings. The molecular formula is C23H25ClN2O. The van der Waals surface area contributed by atoms with Gasteiger partial charge in [0.1, 0.15) is 0 Å². The average molecular weight is 381 g/mol. The first-order valence-electron chi connectivity index (χ1n) is 10.0. The molecule has 4 saturated carbocycles. The summed E-state index contributed by atoms with van der Waals surface area (Å²) in [7, 11) is 0. The van der Waals surface area contributed by atoms with Crippen LogP contribution in [0.15, 0.2) is 36.5 Å². The van der Waals surface area contributed by atoms with Crippen molar-refractivity contribution < 1.29 is 4.79 Å². The lowest BCUT2D eigenvalue weighted by Crippen LogP contribution is -2.49. The maximum atomic E-state index is 12.9. The number of aromatic nitrogens is 1. The van der Waals surface area contributed by atoms with E-state index in [2.05, 4.69) is 5.32 Å². The molecule has 4 heteroatoms. The highest BCUT2D eigenvalue weighted by Crippen LogP contribution is 2.60. The highest BCUT2D eigenvalue weighted by Gasteiger charge is 2.52. The second kappa shape index (κ2) is 6.34. The van der Waals surface area contributed by atoms with Crippen LogP contribution in [0.3, 0.4) is 0 Å². The van der Waals surface area contributed by atoms with Crippen LogP contribution < -0.4 is 5.32 Å². The predicted molar refractivity (Wildman–Crippen MR) is 108 cm³/mol. The minimum atomic E-state index is -0.0891. The highest BCUT2D eigenvalue weighted by molar-refractivity contribution is 6.31. The Labute approximate surface area is 165 Å². The summed E-state index contributed by atoms with van der Waals surface area (Å²) in [5.74, 6) is 2.51. The number of nitrogens with zero attached hydrogens (tertiary/aromatic N) is 1. The highest BCUT2D eigenvalue weighted by atomic mass is 35.5. The summed E-state index contributed by atoms with van der Waals surface area (Å²) in [6.45, 7) is 1.97. The number of carbonyl (C=O) groups is 1. The summed E-state index contributed by atoms with van der Waals surface area (Å²) in [5.41, 5.74) is 3.80. The summed E-state index contributed by atoms with van der Waals surface area (Å²) < 4.78 is 0. The quantitative estimate of drug-likeness (QED) is 0.735. The first-order chi connectivity index (χ1) is 13.0. The molecule has 0 atom stereocenters. The number of pyridine rings is 1. The molecule has 1 aromatic carbocycles. The Morgan fingerprint density at radius 3 is 2.41 bits per heavy atom. The third kappa shape index (κ3) is 3.06. The number of hydrogen-bond acceptors (Lipinski definition) is 2. The number of nitrogens with one attached hydrogen (secondary N) is 1. The Bertz CT molecular complexity index is 872. The van der Waals surface area contributed by atoms with Crippen molar-refractivity contribution in [3.8, 4) is 0 Å². The van der Waals surface area contributed by atoms with Crippen LogP contribution in [0.25, 0.3) is 0 Å². The van der Waals surface area contributed by atoms with Gasteiger partial charge in [0.05, 0.1) is 0 Å². The molecule has 1 heterocycles. The Morgan fingerprint density at radius 2 is 1.74 bits per heavy atom. The molecule has 4 aliphatic rings. The molecule has 1 aromatic heterocycles. The van der Waals surface area contributed by atoms with E-state index in [0.29, 0.717) is 10.6 Å². The summed E-state index contributed by atoms with van der Waals surface area (Å²) in [4.78, 5) is 17.6. The van der Waals surface area contributed by atoms with Crippen molar-refractivity contribution in [2.24, 2.45) is 17.8 Å². The van der Waals surface area contributed by atoms with E-state index in [9.17, 15) is 4.79 Å². The van der Waals surface area contributed by atoms with Crippen LogP contribution in [0.2, 0.25) is 5.02 Å². The molecule has 27 heavy (non-hydrogen) atoms. The zero-order valence-corrected chi connectivity index (χ0v) is 16.4. The van der Waals surface area contributed by atoms with E-state index in [1.807, 2.05) is 37.4 Å². The van der Waals surface area contributed by atoms with Gasteiger partial charge in [0.25, 0.3) is 5.91 Å². The largest absolute Gasteiger partial charge is 0.322 e. The van der Waals surface area contributed by atoms with Gasteiger partial charge in [0.2, 0.25) is 0 Å². The maximum absolute atomic E-state index is 12.9. The molecule has 0 radical (unpaired) electrons. The number of halogens is 1. The molecule has 4 fully saturated rings. The van der Waals surface area contributed by atoms with Crippen molar-refractivity contribution in [1.82, 2.24) is 4.98 Å². The van der Waals surface area contributed by atoms with Crippen LogP contribution in [-0.4, -0.2) is 10.9 Å². The van der Waals surface area contributed by atoms with Crippen LogP contribution in [0.1, 0.15) is 60.1 Å². The standard InChI is InChI=1S/C23H25ClN2O/c1-14-2-3-19(24)10-20(14)26-22(27)18-4-5-25-21(9-18)23-11-15-6-16(12-23)8-17(7-15)13-23/h2-5,9-10,15-17H,6-8,11-13H2,1H3,(H,26,27). The lowest BCUT2D eigenvalue weighted by atomic mass is 9.48. The van der Waals surface area contributed by atoms with E-state index in [-0.39, 0.29) is 11.3 Å². The molecule has 0 saturated heterocycles. The number of benzene rings is 1. The van der Waals surface area contributed by atoms with E-state index >= 15 is 0 Å². The first-order valence-corrected chi connectivity index (χ1v) is 10.4. The van der Waals surface area contributed by atoms with Crippen LogP contribution in [0.4, 0.5) is 5.69 Å². The van der Waals surface area contributed by atoms with Gasteiger partial charge >= 0.3 is 0 Å². The third-order valence-corrected chi connectivity index (χ3v) is 7.29. The minimum Gasteiger partial charge on any atom is -0.322 e. The van der Waals surface area contributed by atoms with Gasteiger partial charge in [0, 0.05) is 33.6 Å². The number of carbonyl (C=O) groups excluding carboxylic acids is 1. The number of anilines is 1. The van der Waals surface area contributed by atoms with E-state index in [4.69, 9.17) is 16.6 Å². The lowest BCUT2D eigenvalue weighted by molar-refractivity contribution is -0.00721. The fourth-order valence-corrected chi connectivity index (χ4v) is 6.38. The summed E-state index contributed by atoms with van der Waals surface area (Å²) >= 11 is 6.09. The molecule has 3 nitrogen and oxygen atoms in total. The molecular weight excluding hydrogens is 356 g/mol. The Balaban J connectivity index is 1.42. The van der Waals surface area contributed by atoms with Gasteiger partial charge in [-0.2, -0.15) is 0 Å².